The van der Waals surface area contributed by atoms with Crippen molar-refractivity contribution in [3.63, 3.8) is 0 Å². The quantitative estimate of drug-likeness (QED) is 0.149. The molecule has 262 valence electrons. The van der Waals surface area contributed by atoms with Gasteiger partial charge in [0, 0.05) is 15.5 Å². The van der Waals surface area contributed by atoms with Gasteiger partial charge in [0.1, 0.15) is 0 Å². The Kier molecular flexibility index (Phi) is 15.0. The van der Waals surface area contributed by atoms with Gasteiger partial charge in [-0.05, 0) is 100 Å². The molecule has 0 amide bonds. The second kappa shape index (κ2) is 19.6. The molecule has 4 aromatic carbocycles. The lowest BCUT2D eigenvalue weighted by Gasteiger charge is -2.25. The van der Waals surface area contributed by atoms with E-state index in [2.05, 4.69) is 186 Å². The molecule has 6 rings (SSSR count). The number of aryl methyl sites for hydroxylation is 1. The van der Waals surface area contributed by atoms with E-state index >= 15 is 0 Å². The maximum atomic E-state index is 2.48. The third kappa shape index (κ3) is 8.96. The van der Waals surface area contributed by atoms with Gasteiger partial charge in [-0.3, -0.25) is 0 Å². The summed E-state index contributed by atoms with van der Waals surface area (Å²) in [6.07, 6.45) is 25.4. The van der Waals surface area contributed by atoms with Crippen LogP contribution in [-0.2, 0) is 6.42 Å². The third-order valence-corrected chi connectivity index (χ3v) is 10.6. The zero-order valence-electron chi connectivity index (χ0n) is 32.2. The van der Waals surface area contributed by atoms with Crippen molar-refractivity contribution < 1.29 is 0 Å². The van der Waals surface area contributed by atoms with Gasteiger partial charge in [0.05, 0.1) is 0 Å². The topological polar surface area (TPSA) is 0 Å². The number of benzene rings is 4. The molecule has 0 radical (unpaired) electrons. The van der Waals surface area contributed by atoms with Crippen molar-refractivity contribution in [2.24, 2.45) is 0 Å². The van der Waals surface area contributed by atoms with Crippen molar-refractivity contribution in [2.75, 3.05) is 0 Å². The average Bonchev–Trinajstić information content (AvgIpc) is 3.50. The van der Waals surface area contributed by atoms with Gasteiger partial charge >= 0.3 is 0 Å². The summed E-state index contributed by atoms with van der Waals surface area (Å²) in [5.74, 6) is 0.485. The minimum Gasteiger partial charge on any atom is -0.135 e. The molecule has 1 aliphatic rings. The van der Waals surface area contributed by atoms with E-state index in [4.69, 9.17) is 0 Å². The Bertz CT molecular complexity index is 2060. The summed E-state index contributed by atoms with van der Waals surface area (Å²) in [4.78, 5) is 1.32. The maximum Gasteiger partial charge on any atom is 0.0430 e. The molecule has 0 fully saturated rings. The van der Waals surface area contributed by atoms with E-state index in [9.17, 15) is 0 Å². The monoisotopic (exact) mass is 688 g/mol. The van der Waals surface area contributed by atoms with Crippen LogP contribution in [-0.4, -0.2) is 0 Å². The zero-order valence-corrected chi connectivity index (χ0v) is 33.0. The van der Waals surface area contributed by atoms with Crippen molar-refractivity contribution in [3.05, 3.63) is 178 Å². The lowest BCUT2D eigenvalue weighted by Crippen LogP contribution is -2.05. The molecule has 2 unspecified atom stereocenters. The predicted octanol–water partition coefficient (Wildman–Crippen LogP) is 15.7. The normalized spacial score (nSPS) is 16.6. The Balaban J connectivity index is 0.00000141. The molecule has 0 N–H and O–H groups in total. The molecule has 1 aliphatic carbocycles. The maximum absolute atomic E-state index is 2.48. The molecule has 0 saturated heterocycles. The van der Waals surface area contributed by atoms with Crippen LogP contribution in [0.25, 0.3) is 44.0 Å². The van der Waals surface area contributed by atoms with E-state index in [0.29, 0.717) is 0 Å². The fraction of sp³-hybridized carbons (Fsp3) is 0.240. The van der Waals surface area contributed by atoms with Gasteiger partial charge in [-0.15, -0.1) is 11.3 Å². The summed E-state index contributed by atoms with van der Waals surface area (Å²) >= 11 is 1.90. The van der Waals surface area contributed by atoms with Crippen LogP contribution in [0.15, 0.2) is 146 Å². The molecule has 0 spiro atoms. The highest BCUT2D eigenvalue weighted by molar-refractivity contribution is 7.20. The largest absolute Gasteiger partial charge is 0.135 e. The molecule has 0 nitrogen and oxygen atoms in total. The Morgan fingerprint density at radius 1 is 0.725 bits per heavy atom. The van der Waals surface area contributed by atoms with Gasteiger partial charge in [-0.25, -0.2) is 0 Å². The Morgan fingerprint density at radius 3 is 2.16 bits per heavy atom. The van der Waals surface area contributed by atoms with E-state index in [0.717, 1.165) is 6.42 Å². The standard InChI is InChI=1S/C46H44S.2C2H6/c1-6-8-11-19-32(3)38-29-30-40(35-20-13-10-14-21-35)45-42-24-16-15-23-37(42)33(4)31-36(22-17-27-43(38)45)41-26-18-25-39-34(5)44(47-46(39)41)28-12-9-7-2;2*1-2/h6-26,28-33H,27H2,1-5H3;2*1-2H3/b8-6-,9-7-,19-11-,22-17-,28-12-,36-31+;;. The predicted molar refractivity (Wildman–Crippen MR) is 232 cm³/mol. The van der Waals surface area contributed by atoms with E-state index in [-0.39, 0.29) is 11.8 Å². The van der Waals surface area contributed by atoms with Crippen LogP contribution in [0.1, 0.15) is 99.9 Å². The van der Waals surface area contributed by atoms with E-state index in [1.54, 1.807) is 0 Å². The first kappa shape index (κ1) is 39.1. The molecule has 1 heterocycles. The second-order valence-corrected chi connectivity index (χ2v) is 13.4. The lowest BCUT2D eigenvalue weighted by atomic mass is 9.79. The minimum absolute atomic E-state index is 0.210. The molecule has 0 saturated carbocycles. The van der Waals surface area contributed by atoms with Crippen LogP contribution >= 0.6 is 11.3 Å². The van der Waals surface area contributed by atoms with Crippen molar-refractivity contribution in [2.45, 2.75) is 80.6 Å². The van der Waals surface area contributed by atoms with Gasteiger partial charge in [0.2, 0.25) is 0 Å². The molecule has 1 aromatic heterocycles. The Hall–Kier alpha value is -4.72. The van der Waals surface area contributed by atoms with E-state index < -0.39 is 0 Å². The molecule has 0 bridgehead atoms. The first-order valence-corrected chi connectivity index (χ1v) is 19.6. The Labute approximate surface area is 313 Å². The van der Waals surface area contributed by atoms with E-state index in [1.165, 1.54) is 70.6 Å². The molecule has 51 heavy (non-hydrogen) atoms. The summed E-state index contributed by atoms with van der Waals surface area (Å²) in [7, 11) is 0. The highest BCUT2D eigenvalue weighted by Crippen LogP contribution is 2.44. The summed E-state index contributed by atoms with van der Waals surface area (Å²) in [6.45, 7) is 19.1. The van der Waals surface area contributed by atoms with Gasteiger partial charge in [-0.1, -0.05) is 187 Å². The van der Waals surface area contributed by atoms with Crippen LogP contribution in [0.3, 0.4) is 0 Å². The summed E-state index contributed by atoms with van der Waals surface area (Å²) in [5.41, 5.74) is 13.3. The lowest BCUT2D eigenvalue weighted by molar-refractivity contribution is 0.938. The highest BCUT2D eigenvalue weighted by Gasteiger charge is 2.23. The SMILES string of the molecule is C/C=C\C=C/c1sc2c(C3=C/C(C)c4ccccc4-c4c(-c5ccccc5)ccc(C(C)/C=C\C=C/C)c4C/C=C\3)cccc2c1C.CC.CC. The van der Waals surface area contributed by atoms with Crippen LogP contribution < -0.4 is 0 Å². The van der Waals surface area contributed by atoms with Gasteiger partial charge < -0.3 is 0 Å². The molecule has 0 aliphatic heterocycles. The molecule has 2 atom stereocenters. The highest BCUT2D eigenvalue weighted by atomic mass is 32.1. The third-order valence-electron chi connectivity index (χ3n) is 9.26. The average molecular weight is 689 g/mol. The number of fused-ring (bicyclic) bond motifs is 4. The van der Waals surface area contributed by atoms with Crippen LogP contribution in [0.5, 0.6) is 0 Å². The van der Waals surface area contributed by atoms with Crippen molar-refractivity contribution in [1.82, 2.24) is 0 Å². The smallest absolute Gasteiger partial charge is 0.0430 e. The number of hydrogen-bond donors (Lipinski definition) is 0. The zero-order chi connectivity index (χ0) is 36.8. The van der Waals surface area contributed by atoms with Crippen molar-refractivity contribution in [1.29, 1.82) is 0 Å². The molecular weight excluding hydrogens is 633 g/mol. The first-order valence-electron chi connectivity index (χ1n) is 18.8. The second-order valence-electron chi connectivity index (χ2n) is 12.4. The fourth-order valence-electron chi connectivity index (χ4n) is 6.84. The number of hydrogen-bond acceptors (Lipinski definition) is 1. The molecule has 1 heteroatoms. The fourth-order valence-corrected chi connectivity index (χ4v) is 8.10. The van der Waals surface area contributed by atoms with Crippen LogP contribution in [0.4, 0.5) is 0 Å². The first-order chi connectivity index (χ1) is 25.0. The van der Waals surface area contributed by atoms with Crippen LogP contribution in [0.2, 0.25) is 0 Å². The molecular formula is C50H56S. The summed E-state index contributed by atoms with van der Waals surface area (Å²) in [5, 5.41) is 1.34. The number of allylic oxidation sites excluding steroid dienone is 11. The Morgan fingerprint density at radius 2 is 1.41 bits per heavy atom. The molecule has 5 aromatic rings. The number of rotatable bonds is 7. The summed E-state index contributed by atoms with van der Waals surface area (Å²) < 4.78 is 1.36. The van der Waals surface area contributed by atoms with Crippen molar-refractivity contribution in [3.8, 4) is 22.3 Å². The van der Waals surface area contributed by atoms with Gasteiger partial charge in [0.25, 0.3) is 0 Å². The van der Waals surface area contributed by atoms with E-state index in [1.807, 2.05) is 39.0 Å². The minimum atomic E-state index is 0.210. The summed E-state index contributed by atoms with van der Waals surface area (Å²) in [6, 6.07) is 31.5. The van der Waals surface area contributed by atoms with Gasteiger partial charge in [0.15, 0.2) is 0 Å². The van der Waals surface area contributed by atoms with Crippen LogP contribution in [0, 0.1) is 6.92 Å². The van der Waals surface area contributed by atoms with Crippen molar-refractivity contribution >= 4 is 33.1 Å². The number of thiophene rings is 1. The van der Waals surface area contributed by atoms with Gasteiger partial charge in [-0.2, -0.15) is 0 Å².